The predicted molar refractivity (Wildman–Crippen MR) is 8.45 cm³/mol. The van der Waals surface area contributed by atoms with Crippen molar-refractivity contribution in [3.8, 4) is 0 Å². The van der Waals surface area contributed by atoms with Gasteiger partial charge in [0.25, 0.3) is 0 Å². The second-order valence-electron chi connectivity index (χ2n) is 0. The molecule has 0 amide bonds. The zero-order chi connectivity index (χ0) is 0. The maximum Gasteiger partial charge on any atom is 5.00 e. The van der Waals surface area contributed by atoms with Crippen molar-refractivity contribution in [1.82, 2.24) is 6.15 Å². The summed E-state index contributed by atoms with van der Waals surface area (Å²) < 4.78 is 0. The second kappa shape index (κ2) is 281. The molecule has 8 heteroatoms. The molecule has 0 saturated heterocycles. The van der Waals surface area contributed by atoms with Crippen molar-refractivity contribution in [3.05, 3.63) is 0 Å². The van der Waals surface area contributed by atoms with Gasteiger partial charge in [-0.15, -0.1) is 0 Å². The smallest absolute Gasteiger partial charge is 2.00 e. The van der Waals surface area contributed by atoms with Crippen molar-refractivity contribution in [2.45, 2.75) is 0 Å². The Hall–Kier alpha value is 1.24. The summed E-state index contributed by atoms with van der Waals surface area (Å²) in [6, 6.07) is 0. The average Bonchev–Trinajstić information content (AvgIpc) is 0. The molecule has 0 radical (unpaired) electrons. The number of rotatable bonds is 0. The molecule has 0 aromatic rings. The zero-order valence-electron chi connectivity index (χ0n) is 3.64. The first-order valence-electron chi connectivity index (χ1n) is 0. The summed E-state index contributed by atoms with van der Waals surface area (Å²) >= 11 is 0. The third-order valence-electron chi connectivity index (χ3n) is 0. The number of hydrogen-bond acceptors (Lipinski definition) is 1. The van der Waals surface area contributed by atoms with Crippen LogP contribution in [0, 0.1) is 0 Å². The van der Waals surface area contributed by atoms with Crippen molar-refractivity contribution >= 4 is 0 Å². The van der Waals surface area contributed by atoms with E-state index in [1.54, 1.807) is 0 Å². The Balaban J connectivity index is 0. The molecular formula is H3NNb2O5. The van der Waals surface area contributed by atoms with Crippen LogP contribution in [0.1, 0.15) is 0 Å². The molecule has 0 aromatic carbocycles. The molecule has 0 rings (SSSR count). The molecule has 3 N–H and O–H groups in total. The van der Waals surface area contributed by atoms with Crippen molar-refractivity contribution in [2.75, 3.05) is 0 Å². The maximum atomic E-state index is 0. The minimum atomic E-state index is 0. The van der Waals surface area contributed by atoms with Gasteiger partial charge in [-0.1, -0.05) is 0 Å². The predicted octanol–water partition coefficient (Wildman–Crippen LogP) is -0.437. The van der Waals surface area contributed by atoms with Gasteiger partial charge in [-0.3, -0.25) is 0 Å². The quantitative estimate of drug-likeness (QED) is 0.582. The van der Waals surface area contributed by atoms with E-state index in [0.717, 1.165) is 0 Å². The van der Waals surface area contributed by atoms with Crippen LogP contribution in [0.15, 0.2) is 0 Å². The van der Waals surface area contributed by atoms with E-state index in [1.807, 2.05) is 0 Å². The Kier molecular flexibility index (Phi) is 14300. The van der Waals surface area contributed by atoms with Crippen molar-refractivity contribution in [2.24, 2.45) is 0 Å². The fraction of sp³-hybridized carbons (Fsp3) is 0. The molecule has 8 heavy (non-hydrogen) atoms. The van der Waals surface area contributed by atoms with Gasteiger partial charge in [-0.25, -0.2) is 0 Å². The van der Waals surface area contributed by atoms with Crippen LogP contribution in [0.4, 0.5) is 0 Å². The zero-order valence-corrected chi connectivity index (χ0v) is 8.04. The van der Waals surface area contributed by atoms with E-state index in [4.69, 9.17) is 0 Å². The topological polar surface area (TPSA) is 178 Å². The molecule has 0 bridgehead atoms. The minimum absolute atomic E-state index is 0. The summed E-state index contributed by atoms with van der Waals surface area (Å²) in [5, 5.41) is 0. The SMILES string of the molecule is N.[Nb+5].[Nb+5].[O-2].[O-2].[O-2].[O-2].[O-2]. The molecule has 0 heterocycles. The Morgan fingerprint density at radius 1 is 0.375 bits per heavy atom. The van der Waals surface area contributed by atoms with Crippen LogP contribution >= 0.6 is 0 Å². The first-order valence-corrected chi connectivity index (χ1v) is 0. The Labute approximate surface area is 78.2 Å². The molecule has 0 atom stereocenters. The van der Waals surface area contributed by atoms with Crippen molar-refractivity contribution in [3.63, 3.8) is 0 Å². The van der Waals surface area contributed by atoms with Crippen molar-refractivity contribution in [1.29, 1.82) is 0 Å². The number of hydrogen-bond donors (Lipinski definition) is 1. The average molecular weight is 283 g/mol. The van der Waals surface area contributed by atoms with Gasteiger partial charge in [0.05, 0.1) is 0 Å². The van der Waals surface area contributed by atoms with Gasteiger partial charge in [-0.2, -0.15) is 0 Å². The molecule has 6 nitrogen and oxygen atoms in total. The molecule has 0 aliphatic rings. The standard InChI is InChI=1S/H3N.2Nb.5O/h1H3;;;;;;;/q;2*+5;5*-2. The van der Waals surface area contributed by atoms with E-state index >= 15 is 0 Å². The van der Waals surface area contributed by atoms with E-state index in [1.165, 1.54) is 0 Å². The molecule has 0 aliphatic heterocycles. The van der Waals surface area contributed by atoms with Crippen LogP contribution in [0.25, 0.3) is 0 Å². The third-order valence-corrected chi connectivity index (χ3v) is 0. The minimum Gasteiger partial charge on any atom is -2.00 e. The van der Waals surface area contributed by atoms with Gasteiger partial charge in [0, 0.05) is 0 Å². The summed E-state index contributed by atoms with van der Waals surface area (Å²) in [7, 11) is 0. The first kappa shape index (κ1) is 408. The van der Waals surface area contributed by atoms with Crippen LogP contribution in [0.2, 0.25) is 0 Å². The fourth-order valence-corrected chi connectivity index (χ4v) is 0. The van der Waals surface area contributed by atoms with E-state index in [9.17, 15) is 0 Å². The van der Waals surface area contributed by atoms with Crippen LogP contribution in [0.3, 0.4) is 0 Å². The van der Waals surface area contributed by atoms with Gasteiger partial charge in [0.2, 0.25) is 0 Å². The second-order valence-corrected chi connectivity index (χ2v) is 0. The van der Waals surface area contributed by atoms with E-state index < -0.39 is 0 Å². The molecule has 48 valence electrons. The summed E-state index contributed by atoms with van der Waals surface area (Å²) in [6.45, 7) is 0. The molecule has 0 unspecified atom stereocenters. The van der Waals surface area contributed by atoms with Crippen LogP contribution in [-0.2, 0) is 72.1 Å². The fourth-order valence-electron chi connectivity index (χ4n) is 0. The molecular weight excluding hydrogens is 280 g/mol. The van der Waals surface area contributed by atoms with Gasteiger partial charge in [0.15, 0.2) is 0 Å². The largest absolute Gasteiger partial charge is 5.00 e. The van der Waals surface area contributed by atoms with Crippen LogP contribution in [0.5, 0.6) is 0 Å². The first-order chi connectivity index (χ1) is 0. The maximum absolute atomic E-state index is 0. The van der Waals surface area contributed by atoms with Gasteiger partial charge in [-0.05, 0) is 0 Å². The summed E-state index contributed by atoms with van der Waals surface area (Å²) in [6.07, 6.45) is 0. The third kappa shape index (κ3) is 183. The summed E-state index contributed by atoms with van der Waals surface area (Å²) in [5.74, 6) is 0. The van der Waals surface area contributed by atoms with Gasteiger partial charge in [0.1, 0.15) is 0 Å². The van der Waals surface area contributed by atoms with Crippen molar-refractivity contribution < 1.29 is 72.1 Å². The molecule has 0 fully saturated rings. The normalized spacial score (nSPS) is 0. The Bertz CT molecular complexity index is 10.4. The van der Waals surface area contributed by atoms with Gasteiger partial charge < -0.3 is 33.5 Å². The van der Waals surface area contributed by atoms with Crippen LogP contribution in [-0.4, -0.2) is 0 Å². The molecule has 0 spiro atoms. The van der Waals surface area contributed by atoms with E-state index in [2.05, 4.69) is 0 Å². The van der Waals surface area contributed by atoms with Gasteiger partial charge >= 0.3 is 44.8 Å². The summed E-state index contributed by atoms with van der Waals surface area (Å²) in [4.78, 5) is 0. The summed E-state index contributed by atoms with van der Waals surface area (Å²) in [5.41, 5.74) is 0. The Morgan fingerprint density at radius 2 is 0.375 bits per heavy atom. The van der Waals surface area contributed by atoms with E-state index in [0.29, 0.717) is 0 Å². The van der Waals surface area contributed by atoms with E-state index in [-0.39, 0.29) is 78.3 Å². The Morgan fingerprint density at radius 3 is 0.375 bits per heavy atom. The molecule has 0 saturated carbocycles. The van der Waals surface area contributed by atoms with Crippen LogP contribution < -0.4 is 6.15 Å². The molecule has 0 aliphatic carbocycles. The monoisotopic (exact) mass is 283 g/mol. The molecule has 0 aromatic heterocycles.